The van der Waals surface area contributed by atoms with Gasteiger partial charge in [-0.15, -0.1) is 0 Å². The van der Waals surface area contributed by atoms with E-state index in [1.807, 2.05) is 30.3 Å². The number of nitrogens with two attached hydrogens (primary N) is 1. The molecule has 1 aromatic heterocycles. The summed E-state index contributed by atoms with van der Waals surface area (Å²) in [5, 5.41) is 16.8. The van der Waals surface area contributed by atoms with Crippen molar-refractivity contribution in [1.82, 2.24) is 15.1 Å². The van der Waals surface area contributed by atoms with E-state index in [9.17, 15) is 19.5 Å². The maximum atomic E-state index is 12.1. The quantitative estimate of drug-likeness (QED) is 0.411. The number of allylic oxidation sites excluding steroid dienone is 1. The van der Waals surface area contributed by atoms with Gasteiger partial charge < -0.3 is 30.4 Å². The number of nitrogens with one attached hydrogen (secondary N) is 1. The number of carboxylic acid groups (broad SMARTS) is 1. The second-order valence-corrected chi connectivity index (χ2v) is 7.91. The summed E-state index contributed by atoms with van der Waals surface area (Å²) in [6, 6.07) is 12.5. The Balaban J connectivity index is 1.71. The number of aromatic nitrogens is 2. The number of amides is 2. The van der Waals surface area contributed by atoms with E-state index in [0.29, 0.717) is 23.1 Å². The molecule has 4 rings (SSSR count). The summed E-state index contributed by atoms with van der Waals surface area (Å²) >= 11 is 0. The van der Waals surface area contributed by atoms with Crippen LogP contribution in [0.25, 0.3) is 17.0 Å². The molecule has 36 heavy (non-hydrogen) atoms. The molecule has 0 fully saturated rings. The van der Waals surface area contributed by atoms with Crippen molar-refractivity contribution in [3.63, 3.8) is 0 Å². The Morgan fingerprint density at radius 1 is 1.22 bits per heavy atom. The lowest BCUT2D eigenvalue weighted by atomic mass is 10.1. The molecule has 186 valence electrons. The number of methoxy groups -OCH3 is 1. The molecule has 2 amide bonds. The number of carbonyl (C=O) groups excluding carboxylic acids is 2. The fraction of sp³-hybridized carbons (Fsp3) is 0.200. The Morgan fingerprint density at radius 2 is 1.97 bits per heavy atom. The summed E-state index contributed by atoms with van der Waals surface area (Å²) in [5.41, 5.74) is 7.05. The highest BCUT2D eigenvalue weighted by atomic mass is 16.7. The highest BCUT2D eigenvalue weighted by Crippen LogP contribution is 2.35. The van der Waals surface area contributed by atoms with Crippen LogP contribution in [0.1, 0.15) is 34.7 Å². The molecular weight excluding hydrogens is 468 g/mol. The van der Waals surface area contributed by atoms with Crippen LogP contribution in [0, 0.1) is 0 Å². The minimum absolute atomic E-state index is 0.0384. The second kappa shape index (κ2) is 10.2. The van der Waals surface area contributed by atoms with E-state index < -0.39 is 30.2 Å². The van der Waals surface area contributed by atoms with Crippen LogP contribution in [0.15, 0.2) is 60.6 Å². The van der Waals surface area contributed by atoms with Crippen molar-refractivity contribution in [1.29, 1.82) is 0 Å². The molecule has 0 spiro atoms. The van der Waals surface area contributed by atoms with Crippen LogP contribution in [-0.4, -0.2) is 46.1 Å². The van der Waals surface area contributed by atoms with Crippen LogP contribution >= 0.6 is 0 Å². The molecule has 4 N–H and O–H groups in total. The summed E-state index contributed by atoms with van der Waals surface area (Å²) in [6.07, 6.45) is 3.35. The molecule has 0 radical (unpaired) electrons. The zero-order valence-corrected chi connectivity index (χ0v) is 19.5. The molecule has 2 unspecified atom stereocenters. The van der Waals surface area contributed by atoms with Crippen molar-refractivity contribution in [2.75, 3.05) is 7.11 Å². The summed E-state index contributed by atoms with van der Waals surface area (Å²) in [4.78, 5) is 35.6. The third-order valence-electron chi connectivity index (χ3n) is 5.40. The van der Waals surface area contributed by atoms with E-state index >= 15 is 0 Å². The predicted molar refractivity (Wildman–Crippen MR) is 129 cm³/mol. The van der Waals surface area contributed by atoms with Gasteiger partial charge in [-0.05, 0) is 29.8 Å². The first kappa shape index (κ1) is 24.3. The van der Waals surface area contributed by atoms with E-state index in [-0.39, 0.29) is 17.0 Å². The summed E-state index contributed by atoms with van der Waals surface area (Å²) < 4.78 is 18.0. The Bertz CT molecular complexity index is 1380. The Hall–Kier alpha value is -4.80. The molecule has 11 nitrogen and oxygen atoms in total. The van der Waals surface area contributed by atoms with E-state index in [1.54, 1.807) is 12.2 Å². The zero-order valence-electron chi connectivity index (χ0n) is 19.5. The van der Waals surface area contributed by atoms with Gasteiger partial charge in [0.2, 0.25) is 18.4 Å². The standard InChI is InChI=1S/C25H24N4O7/c1-14(30)27-24(23(26)31)29-19-11-9-17(25(32)33)22(34-2)21(19)18(28-29)10-8-16-13-35-20(36-16)12-15-6-4-3-5-7-15/h3-11,13,20,24H,12H2,1-2H3,(H2,26,31)(H,27,30)(H,32,33). The number of fused-ring (bicyclic) bond motifs is 1. The number of carbonyl (C=O) groups is 3. The second-order valence-electron chi connectivity index (χ2n) is 7.91. The molecule has 1 aliphatic heterocycles. The van der Waals surface area contributed by atoms with Gasteiger partial charge in [0.15, 0.2) is 5.76 Å². The number of rotatable bonds is 9. The number of benzene rings is 2. The number of primary amides is 1. The van der Waals surface area contributed by atoms with Gasteiger partial charge in [-0.25, -0.2) is 9.48 Å². The van der Waals surface area contributed by atoms with Gasteiger partial charge in [-0.2, -0.15) is 5.10 Å². The number of aromatic carboxylic acids is 1. The third kappa shape index (κ3) is 4.99. The largest absolute Gasteiger partial charge is 0.495 e. The van der Waals surface area contributed by atoms with Crippen molar-refractivity contribution in [2.45, 2.75) is 25.8 Å². The Kier molecular flexibility index (Phi) is 6.91. The third-order valence-corrected chi connectivity index (χ3v) is 5.40. The van der Waals surface area contributed by atoms with E-state index in [0.717, 1.165) is 5.56 Å². The molecule has 3 aromatic rings. The molecule has 0 saturated heterocycles. The monoisotopic (exact) mass is 492 g/mol. The van der Waals surface area contributed by atoms with Crippen molar-refractivity contribution in [3.05, 3.63) is 77.4 Å². The van der Waals surface area contributed by atoms with Crippen molar-refractivity contribution in [3.8, 4) is 5.75 Å². The number of hydrogen-bond donors (Lipinski definition) is 3. The van der Waals surface area contributed by atoms with Crippen LogP contribution in [0.2, 0.25) is 0 Å². The van der Waals surface area contributed by atoms with E-state index in [2.05, 4.69) is 10.4 Å². The van der Waals surface area contributed by atoms with Crippen molar-refractivity contribution >= 4 is 34.8 Å². The topological polar surface area (TPSA) is 155 Å². The first-order valence-electron chi connectivity index (χ1n) is 10.9. The minimum Gasteiger partial charge on any atom is -0.495 e. The first-order chi connectivity index (χ1) is 17.3. The molecule has 0 saturated carbocycles. The van der Waals surface area contributed by atoms with Gasteiger partial charge >= 0.3 is 5.97 Å². The minimum atomic E-state index is -1.31. The Labute approximate surface area is 205 Å². The molecule has 2 atom stereocenters. The van der Waals surface area contributed by atoms with Crippen LogP contribution in [0.5, 0.6) is 5.75 Å². The van der Waals surface area contributed by atoms with Crippen LogP contribution in [0.3, 0.4) is 0 Å². The lowest BCUT2D eigenvalue weighted by molar-refractivity contribution is -0.128. The Morgan fingerprint density at radius 3 is 2.61 bits per heavy atom. The summed E-state index contributed by atoms with van der Waals surface area (Å²) in [6.45, 7) is 1.24. The normalized spacial score (nSPS) is 15.7. The SMILES string of the molecule is COc1c(C(=O)O)ccc2c1c(C=CC1=COC(Cc3ccccc3)O1)nn2C(NC(C)=O)C(N)=O. The maximum absolute atomic E-state index is 12.1. The fourth-order valence-electron chi connectivity index (χ4n) is 3.86. The van der Waals surface area contributed by atoms with Gasteiger partial charge in [0, 0.05) is 13.3 Å². The highest BCUT2D eigenvalue weighted by molar-refractivity contribution is 6.03. The number of nitrogens with zero attached hydrogens (tertiary/aromatic N) is 2. The first-order valence-corrected chi connectivity index (χ1v) is 10.9. The van der Waals surface area contributed by atoms with E-state index in [1.165, 1.54) is 37.1 Å². The summed E-state index contributed by atoms with van der Waals surface area (Å²) in [7, 11) is 1.33. The lowest BCUT2D eigenvalue weighted by Gasteiger charge is -2.16. The smallest absolute Gasteiger partial charge is 0.339 e. The van der Waals surface area contributed by atoms with Gasteiger partial charge in [0.05, 0.1) is 23.7 Å². The molecule has 2 heterocycles. The number of carboxylic acids is 1. The van der Waals surface area contributed by atoms with Crippen molar-refractivity contribution < 1.29 is 33.7 Å². The van der Waals surface area contributed by atoms with Gasteiger partial charge in [0.25, 0.3) is 5.91 Å². The average molecular weight is 492 g/mol. The van der Waals surface area contributed by atoms with Crippen LogP contribution in [0.4, 0.5) is 0 Å². The van der Waals surface area contributed by atoms with Crippen LogP contribution in [-0.2, 0) is 25.5 Å². The predicted octanol–water partition coefficient (Wildman–Crippen LogP) is 2.33. The fourth-order valence-corrected chi connectivity index (χ4v) is 3.86. The van der Waals surface area contributed by atoms with Crippen molar-refractivity contribution in [2.24, 2.45) is 5.73 Å². The molecule has 1 aliphatic rings. The number of ether oxygens (including phenoxy) is 3. The highest BCUT2D eigenvalue weighted by Gasteiger charge is 2.27. The van der Waals surface area contributed by atoms with E-state index in [4.69, 9.17) is 19.9 Å². The lowest BCUT2D eigenvalue weighted by Crippen LogP contribution is -2.40. The molecule has 0 bridgehead atoms. The number of hydrogen-bond acceptors (Lipinski definition) is 7. The molecule has 0 aliphatic carbocycles. The summed E-state index contributed by atoms with van der Waals surface area (Å²) in [5.74, 6) is -2.11. The zero-order chi connectivity index (χ0) is 25.8. The van der Waals surface area contributed by atoms with Gasteiger partial charge in [-0.3, -0.25) is 9.59 Å². The molecular formula is C25H24N4O7. The molecule has 2 aromatic carbocycles. The van der Waals surface area contributed by atoms with Gasteiger partial charge in [-0.1, -0.05) is 30.3 Å². The van der Waals surface area contributed by atoms with Gasteiger partial charge in [0.1, 0.15) is 17.6 Å². The maximum Gasteiger partial charge on any atom is 0.339 e. The average Bonchev–Trinajstić information content (AvgIpc) is 3.45. The molecule has 11 heteroatoms. The van der Waals surface area contributed by atoms with Crippen LogP contribution < -0.4 is 15.8 Å².